The van der Waals surface area contributed by atoms with Gasteiger partial charge in [-0.1, -0.05) is 53.1 Å². The number of methoxy groups -OCH3 is 1. The summed E-state index contributed by atoms with van der Waals surface area (Å²) in [7, 11) is 2.10. The van der Waals surface area contributed by atoms with E-state index < -0.39 is 34.6 Å². The van der Waals surface area contributed by atoms with E-state index in [0.717, 1.165) is 19.2 Å². The van der Waals surface area contributed by atoms with Crippen molar-refractivity contribution >= 4 is 23.2 Å². The average molecular weight is 519 g/mol. The summed E-state index contributed by atoms with van der Waals surface area (Å²) in [5, 5.41) is 8.30. The predicted molar refractivity (Wildman–Crippen MR) is 127 cm³/mol. The first-order valence-corrected chi connectivity index (χ1v) is 10.8. The highest BCUT2D eigenvalue weighted by atomic mass is 35.5. The zero-order valence-electron chi connectivity index (χ0n) is 20.6. The van der Waals surface area contributed by atoms with Crippen molar-refractivity contribution in [3.63, 3.8) is 0 Å². The second kappa shape index (κ2) is 9.60. The van der Waals surface area contributed by atoms with Crippen molar-refractivity contribution in [2.45, 2.75) is 47.7 Å². The van der Waals surface area contributed by atoms with Gasteiger partial charge in [0.1, 0.15) is 11.5 Å². The van der Waals surface area contributed by atoms with Crippen LogP contribution in [0, 0.1) is 16.6 Å². The monoisotopic (exact) mass is 518 g/mol. The van der Waals surface area contributed by atoms with Crippen LogP contribution in [0.5, 0.6) is 0 Å². The third-order valence-electron chi connectivity index (χ3n) is 4.97. The van der Waals surface area contributed by atoms with Crippen LogP contribution >= 0.6 is 11.6 Å². The second-order valence-electron chi connectivity index (χ2n) is 9.88. The van der Waals surface area contributed by atoms with E-state index >= 15 is 0 Å². The molecule has 0 aliphatic carbocycles. The van der Waals surface area contributed by atoms with Crippen LogP contribution < -0.4 is 11.2 Å². The Morgan fingerprint density at radius 2 is 1.51 bits per heavy atom. The van der Waals surface area contributed by atoms with E-state index in [1.807, 2.05) is 41.5 Å². The highest BCUT2D eigenvalue weighted by molar-refractivity contribution is 6.34. The molecule has 0 saturated carbocycles. The molecule has 1 aromatic heterocycles. The van der Waals surface area contributed by atoms with Crippen LogP contribution in [0.3, 0.4) is 0 Å². The molecule has 0 fully saturated rings. The Bertz CT molecular complexity index is 1290. The Hall–Kier alpha value is -2.95. The minimum absolute atomic E-state index is 0.0228. The van der Waals surface area contributed by atoms with Gasteiger partial charge in [0.05, 0.1) is 29.1 Å². The van der Waals surface area contributed by atoms with Gasteiger partial charge in [0.25, 0.3) is 5.56 Å². The van der Waals surface area contributed by atoms with Gasteiger partial charge in [-0.05, 0) is 12.1 Å². The van der Waals surface area contributed by atoms with Crippen molar-refractivity contribution in [3.8, 4) is 5.69 Å². The maximum Gasteiger partial charge on any atom is 0.431 e. The summed E-state index contributed by atoms with van der Waals surface area (Å²) in [5.41, 5.74) is -4.89. The van der Waals surface area contributed by atoms with Crippen LogP contribution in [0.15, 0.2) is 38.0 Å². The second-order valence-corrected chi connectivity index (χ2v) is 10.3. The number of aromatic nitrogens is 2. The molecule has 0 aliphatic heterocycles. The highest BCUT2D eigenvalue weighted by Gasteiger charge is 2.35. The zero-order valence-corrected chi connectivity index (χ0v) is 21.4. The van der Waals surface area contributed by atoms with Crippen molar-refractivity contribution < 1.29 is 22.3 Å². The van der Waals surface area contributed by atoms with E-state index in [0.29, 0.717) is 5.71 Å². The largest absolute Gasteiger partial charge is 0.479 e. The normalized spacial score (nSPS) is 13.1. The van der Waals surface area contributed by atoms with Gasteiger partial charge in [-0.25, -0.2) is 13.8 Å². The summed E-state index contributed by atoms with van der Waals surface area (Å²) in [4.78, 5) is 25.1. The molecule has 7 nitrogen and oxygen atoms in total. The SMILES string of the molecule is COC(=NN=C(C(C)(C)C)C(C)(C)C)c1cc(-n2c(=O)cc(C(F)(F)F)n(C)c2=O)c(F)cc1Cl. The molecule has 2 rings (SSSR count). The molecule has 0 aliphatic rings. The average Bonchev–Trinajstić information content (AvgIpc) is 2.67. The summed E-state index contributed by atoms with van der Waals surface area (Å²) < 4.78 is 60.1. The highest BCUT2D eigenvalue weighted by Crippen LogP contribution is 2.31. The Kier molecular flexibility index (Phi) is 7.76. The number of benzene rings is 1. The molecular formula is C23H27ClF4N4O3. The third-order valence-corrected chi connectivity index (χ3v) is 5.29. The Morgan fingerprint density at radius 1 is 0.971 bits per heavy atom. The fourth-order valence-corrected chi connectivity index (χ4v) is 3.95. The van der Waals surface area contributed by atoms with Crippen LogP contribution in [0.4, 0.5) is 17.6 Å². The molecule has 0 radical (unpaired) electrons. The fraction of sp³-hybridized carbons (Fsp3) is 0.478. The summed E-state index contributed by atoms with van der Waals surface area (Å²) in [5.74, 6) is -1.26. The number of nitrogens with zero attached hydrogens (tertiary/aromatic N) is 4. The summed E-state index contributed by atoms with van der Waals surface area (Å²) >= 11 is 6.18. The molecule has 2 aromatic rings. The molecule has 1 heterocycles. The number of hydrogen-bond acceptors (Lipinski definition) is 5. The van der Waals surface area contributed by atoms with Crippen molar-refractivity contribution in [1.29, 1.82) is 0 Å². The van der Waals surface area contributed by atoms with E-state index in [1.54, 1.807) is 0 Å². The van der Waals surface area contributed by atoms with Crippen LogP contribution in [-0.2, 0) is 18.0 Å². The molecule has 0 saturated heterocycles. The minimum Gasteiger partial charge on any atom is -0.479 e. The molecule has 12 heteroatoms. The molecule has 1 aromatic carbocycles. The smallest absolute Gasteiger partial charge is 0.431 e. The zero-order chi connectivity index (χ0) is 27.1. The quantitative estimate of drug-likeness (QED) is 0.243. The van der Waals surface area contributed by atoms with Crippen LogP contribution in [-0.4, -0.2) is 27.9 Å². The third kappa shape index (κ3) is 6.01. The molecular weight excluding hydrogens is 492 g/mol. The Labute approximate surface area is 204 Å². The standard InChI is InChI=1S/C23H27ClF4N4O3/c1-21(2,3)19(22(4,5)6)30-29-18(35-8)12-9-15(14(25)10-13(12)24)32-17(33)11-16(23(26,27)28)31(7)20(32)34/h9-11H,1-8H3. The van der Waals surface area contributed by atoms with Gasteiger partial charge in [-0.15, -0.1) is 5.10 Å². The van der Waals surface area contributed by atoms with Crippen molar-refractivity contribution in [2.24, 2.45) is 28.1 Å². The van der Waals surface area contributed by atoms with Gasteiger partial charge in [0.2, 0.25) is 5.90 Å². The van der Waals surface area contributed by atoms with Gasteiger partial charge < -0.3 is 4.74 Å². The van der Waals surface area contributed by atoms with Gasteiger partial charge in [-0.2, -0.15) is 18.3 Å². The summed E-state index contributed by atoms with van der Waals surface area (Å²) in [6.07, 6.45) is -4.96. The number of halogens is 5. The fourth-order valence-electron chi connectivity index (χ4n) is 3.72. The lowest BCUT2D eigenvalue weighted by molar-refractivity contribution is -0.144. The van der Waals surface area contributed by atoms with Crippen molar-refractivity contribution in [2.75, 3.05) is 7.11 Å². The number of rotatable bonds is 3. The van der Waals surface area contributed by atoms with Gasteiger partial charge in [-0.3, -0.25) is 9.36 Å². The van der Waals surface area contributed by atoms with E-state index in [4.69, 9.17) is 16.3 Å². The molecule has 0 bridgehead atoms. The van der Waals surface area contributed by atoms with Crippen molar-refractivity contribution in [3.05, 3.63) is 61.1 Å². The molecule has 192 valence electrons. The first kappa shape index (κ1) is 28.3. The molecule has 35 heavy (non-hydrogen) atoms. The maximum absolute atomic E-state index is 14.8. The van der Waals surface area contributed by atoms with Crippen molar-refractivity contribution in [1.82, 2.24) is 9.13 Å². The topological polar surface area (TPSA) is 78.0 Å². The predicted octanol–water partition coefficient (Wildman–Crippen LogP) is 5.19. The van der Waals surface area contributed by atoms with Gasteiger partial charge in [0.15, 0.2) is 0 Å². The van der Waals surface area contributed by atoms with E-state index in [2.05, 4.69) is 10.2 Å². The Morgan fingerprint density at radius 3 is 1.97 bits per heavy atom. The van der Waals surface area contributed by atoms with Gasteiger partial charge in [0, 0.05) is 23.9 Å². The summed E-state index contributed by atoms with van der Waals surface area (Å²) in [6.45, 7) is 11.7. The lowest BCUT2D eigenvalue weighted by Crippen LogP contribution is -2.41. The van der Waals surface area contributed by atoms with E-state index in [9.17, 15) is 27.2 Å². The Balaban J connectivity index is 2.82. The van der Waals surface area contributed by atoms with Crippen LogP contribution in [0.1, 0.15) is 52.8 Å². The summed E-state index contributed by atoms with van der Waals surface area (Å²) in [6, 6.07) is 2.02. The number of alkyl halides is 3. The number of ether oxygens (including phenoxy) is 1. The molecule has 0 N–H and O–H groups in total. The molecule has 0 atom stereocenters. The van der Waals surface area contributed by atoms with E-state index in [1.165, 1.54) is 7.11 Å². The first-order valence-electron chi connectivity index (χ1n) is 10.4. The van der Waals surface area contributed by atoms with Gasteiger partial charge >= 0.3 is 11.9 Å². The maximum atomic E-state index is 14.8. The van der Waals surface area contributed by atoms with E-state index in [-0.39, 0.29) is 42.5 Å². The van der Waals surface area contributed by atoms with Crippen LogP contribution in [0.25, 0.3) is 5.69 Å². The molecule has 0 spiro atoms. The molecule has 0 amide bonds. The lowest BCUT2D eigenvalue weighted by atomic mass is 9.75. The lowest BCUT2D eigenvalue weighted by Gasteiger charge is -2.31. The van der Waals surface area contributed by atoms with Crippen LogP contribution in [0.2, 0.25) is 5.02 Å². The minimum atomic E-state index is -4.96. The molecule has 0 unspecified atom stereocenters. The number of hydrogen-bond donors (Lipinski definition) is 0. The first-order chi connectivity index (χ1) is 15.8.